The Morgan fingerprint density at radius 3 is 2.32 bits per heavy atom. The first kappa shape index (κ1) is 13.9. The Hall–Kier alpha value is -1.52. The quantitative estimate of drug-likeness (QED) is 0.911. The summed E-state index contributed by atoms with van der Waals surface area (Å²) in [5, 5.41) is 9.53. The van der Waals surface area contributed by atoms with Crippen LogP contribution in [-0.4, -0.2) is 12.2 Å². The number of methoxy groups -OCH3 is 1. The molecule has 0 fully saturated rings. The first-order valence-corrected chi connectivity index (χ1v) is 6.69. The molecule has 0 saturated heterocycles. The van der Waals surface area contributed by atoms with Gasteiger partial charge in [-0.25, -0.2) is 0 Å². The number of hydrogen-bond donors (Lipinski definition) is 1. The van der Waals surface area contributed by atoms with Gasteiger partial charge < -0.3 is 14.6 Å². The van der Waals surface area contributed by atoms with Gasteiger partial charge >= 0.3 is 0 Å². The Morgan fingerprint density at radius 2 is 1.74 bits per heavy atom. The summed E-state index contributed by atoms with van der Waals surface area (Å²) in [5.41, 5.74) is 0.833. The largest absolute Gasteiger partial charge is 0.493 e. The molecule has 0 aliphatic rings. The number of para-hydroxylation sites is 2. The highest BCUT2D eigenvalue weighted by atomic mass is 79.9. The standard InChI is InChI=1S/C15H15BrO3/c1-10(17)11-7-8-13(12(16)9-11)19-15-6-4-3-5-14(15)18-2/h3-10,17H,1-2H3/t10-/m1/s1. The Bertz CT molecular complexity index is 567. The fraction of sp³-hybridized carbons (Fsp3) is 0.200. The van der Waals surface area contributed by atoms with E-state index in [1.165, 1.54) is 0 Å². The second-order valence-corrected chi connectivity index (χ2v) is 4.97. The van der Waals surface area contributed by atoms with Crippen molar-refractivity contribution < 1.29 is 14.6 Å². The van der Waals surface area contributed by atoms with Gasteiger partial charge in [0.1, 0.15) is 5.75 Å². The molecule has 0 heterocycles. The van der Waals surface area contributed by atoms with E-state index in [4.69, 9.17) is 9.47 Å². The maximum atomic E-state index is 9.53. The van der Waals surface area contributed by atoms with Crippen LogP contribution in [0.15, 0.2) is 46.9 Å². The van der Waals surface area contributed by atoms with Crippen molar-refractivity contribution in [3.05, 3.63) is 52.5 Å². The van der Waals surface area contributed by atoms with Crippen molar-refractivity contribution in [2.24, 2.45) is 0 Å². The van der Waals surface area contributed by atoms with Crippen LogP contribution >= 0.6 is 15.9 Å². The van der Waals surface area contributed by atoms with Crippen LogP contribution in [0, 0.1) is 0 Å². The van der Waals surface area contributed by atoms with Crippen LogP contribution in [0.4, 0.5) is 0 Å². The van der Waals surface area contributed by atoms with Crippen LogP contribution in [-0.2, 0) is 0 Å². The third-order valence-corrected chi connectivity index (χ3v) is 3.35. The topological polar surface area (TPSA) is 38.7 Å². The average Bonchev–Trinajstić information content (AvgIpc) is 2.41. The van der Waals surface area contributed by atoms with Gasteiger partial charge in [0.2, 0.25) is 0 Å². The molecule has 0 aliphatic heterocycles. The predicted octanol–water partition coefficient (Wildman–Crippen LogP) is 4.30. The van der Waals surface area contributed by atoms with Crippen molar-refractivity contribution in [2.45, 2.75) is 13.0 Å². The van der Waals surface area contributed by atoms with Crippen LogP contribution in [0.25, 0.3) is 0 Å². The van der Waals surface area contributed by atoms with Crippen molar-refractivity contribution in [1.29, 1.82) is 0 Å². The Balaban J connectivity index is 2.28. The molecule has 19 heavy (non-hydrogen) atoms. The van der Waals surface area contributed by atoms with E-state index in [1.807, 2.05) is 42.5 Å². The minimum Gasteiger partial charge on any atom is -0.493 e. The SMILES string of the molecule is COc1ccccc1Oc1ccc([C@@H](C)O)cc1Br. The zero-order valence-electron chi connectivity index (χ0n) is 10.8. The predicted molar refractivity (Wildman–Crippen MR) is 77.8 cm³/mol. The molecular formula is C15H15BrO3. The first-order chi connectivity index (χ1) is 9.11. The molecule has 0 aromatic heterocycles. The fourth-order valence-corrected chi connectivity index (χ4v) is 2.16. The van der Waals surface area contributed by atoms with E-state index < -0.39 is 6.10 Å². The lowest BCUT2D eigenvalue weighted by Gasteiger charge is -2.12. The van der Waals surface area contributed by atoms with Crippen LogP contribution in [0.3, 0.4) is 0 Å². The average molecular weight is 323 g/mol. The lowest BCUT2D eigenvalue weighted by Crippen LogP contribution is -1.93. The molecule has 2 aromatic carbocycles. The van der Waals surface area contributed by atoms with E-state index in [-0.39, 0.29) is 0 Å². The maximum absolute atomic E-state index is 9.53. The number of halogens is 1. The molecule has 0 saturated carbocycles. The second kappa shape index (κ2) is 6.08. The number of aliphatic hydroxyl groups excluding tert-OH is 1. The molecule has 1 atom stereocenters. The zero-order chi connectivity index (χ0) is 13.8. The molecule has 0 amide bonds. The van der Waals surface area contributed by atoms with Gasteiger partial charge in [-0.05, 0) is 52.7 Å². The lowest BCUT2D eigenvalue weighted by molar-refractivity contribution is 0.199. The summed E-state index contributed by atoms with van der Waals surface area (Å²) < 4.78 is 11.8. The van der Waals surface area contributed by atoms with Crippen LogP contribution < -0.4 is 9.47 Å². The molecule has 0 radical (unpaired) electrons. The van der Waals surface area contributed by atoms with Crippen molar-refractivity contribution in [2.75, 3.05) is 7.11 Å². The molecule has 2 rings (SSSR count). The van der Waals surface area contributed by atoms with E-state index in [0.29, 0.717) is 17.2 Å². The van der Waals surface area contributed by atoms with Crippen LogP contribution in [0.2, 0.25) is 0 Å². The minimum absolute atomic E-state index is 0.503. The van der Waals surface area contributed by atoms with Gasteiger partial charge in [0.15, 0.2) is 11.5 Å². The van der Waals surface area contributed by atoms with Gasteiger partial charge in [-0.3, -0.25) is 0 Å². The highest BCUT2D eigenvalue weighted by Crippen LogP contribution is 2.35. The summed E-state index contributed by atoms with van der Waals surface area (Å²) in [6.45, 7) is 1.72. The second-order valence-electron chi connectivity index (χ2n) is 4.12. The van der Waals surface area contributed by atoms with E-state index in [9.17, 15) is 5.11 Å². The van der Waals surface area contributed by atoms with Crippen molar-refractivity contribution in [1.82, 2.24) is 0 Å². The van der Waals surface area contributed by atoms with E-state index in [2.05, 4.69) is 15.9 Å². The van der Waals surface area contributed by atoms with Gasteiger partial charge in [-0.15, -0.1) is 0 Å². The number of rotatable bonds is 4. The summed E-state index contributed by atoms with van der Waals surface area (Å²) in [6, 6.07) is 12.9. The normalized spacial score (nSPS) is 12.0. The van der Waals surface area contributed by atoms with E-state index in [0.717, 1.165) is 10.0 Å². The smallest absolute Gasteiger partial charge is 0.169 e. The Morgan fingerprint density at radius 1 is 1.05 bits per heavy atom. The van der Waals surface area contributed by atoms with Gasteiger partial charge in [-0.2, -0.15) is 0 Å². The molecule has 0 aliphatic carbocycles. The van der Waals surface area contributed by atoms with Crippen LogP contribution in [0.5, 0.6) is 17.2 Å². The van der Waals surface area contributed by atoms with Crippen molar-refractivity contribution >= 4 is 15.9 Å². The highest BCUT2D eigenvalue weighted by molar-refractivity contribution is 9.10. The molecule has 3 nitrogen and oxygen atoms in total. The highest BCUT2D eigenvalue weighted by Gasteiger charge is 2.09. The summed E-state index contributed by atoms with van der Waals surface area (Å²) >= 11 is 3.44. The molecule has 2 aromatic rings. The summed E-state index contributed by atoms with van der Waals surface area (Å²) in [7, 11) is 1.60. The van der Waals surface area contributed by atoms with Crippen molar-refractivity contribution in [3.63, 3.8) is 0 Å². The Kier molecular flexibility index (Phi) is 4.45. The third kappa shape index (κ3) is 3.28. The zero-order valence-corrected chi connectivity index (χ0v) is 12.3. The number of ether oxygens (including phenoxy) is 2. The lowest BCUT2D eigenvalue weighted by atomic mass is 10.1. The molecule has 1 N–H and O–H groups in total. The monoisotopic (exact) mass is 322 g/mol. The van der Waals surface area contributed by atoms with Gasteiger partial charge in [0.25, 0.3) is 0 Å². The van der Waals surface area contributed by atoms with Gasteiger partial charge in [0, 0.05) is 0 Å². The first-order valence-electron chi connectivity index (χ1n) is 5.90. The Labute approximate surface area is 120 Å². The van der Waals surface area contributed by atoms with Crippen LogP contribution in [0.1, 0.15) is 18.6 Å². The number of aliphatic hydroxyl groups is 1. The van der Waals surface area contributed by atoms with Crippen molar-refractivity contribution in [3.8, 4) is 17.2 Å². The molecular weight excluding hydrogens is 308 g/mol. The van der Waals surface area contributed by atoms with Gasteiger partial charge in [0.05, 0.1) is 17.7 Å². The fourth-order valence-electron chi connectivity index (χ4n) is 1.68. The van der Waals surface area contributed by atoms with E-state index in [1.54, 1.807) is 14.0 Å². The number of hydrogen-bond acceptors (Lipinski definition) is 3. The molecule has 4 heteroatoms. The summed E-state index contributed by atoms with van der Waals surface area (Å²) in [4.78, 5) is 0. The number of benzene rings is 2. The summed E-state index contributed by atoms with van der Waals surface area (Å²) in [5.74, 6) is 2.00. The molecule has 100 valence electrons. The molecule has 0 spiro atoms. The van der Waals surface area contributed by atoms with Gasteiger partial charge in [-0.1, -0.05) is 18.2 Å². The maximum Gasteiger partial charge on any atom is 0.169 e. The molecule has 0 bridgehead atoms. The minimum atomic E-state index is -0.503. The third-order valence-electron chi connectivity index (χ3n) is 2.73. The summed E-state index contributed by atoms with van der Waals surface area (Å²) in [6.07, 6.45) is -0.503. The molecule has 0 unspecified atom stereocenters. The van der Waals surface area contributed by atoms with E-state index >= 15 is 0 Å².